The first-order chi connectivity index (χ1) is 6.35. The third-order valence-electron chi connectivity index (χ3n) is 1.70. The van der Waals surface area contributed by atoms with E-state index in [-0.39, 0.29) is 12.1 Å². The van der Waals surface area contributed by atoms with Crippen LogP contribution in [0.2, 0.25) is 0 Å². The van der Waals surface area contributed by atoms with Crippen molar-refractivity contribution in [3.63, 3.8) is 0 Å². The second-order valence-electron chi connectivity index (χ2n) is 4.72. The molecule has 0 aromatic rings. The fraction of sp³-hybridized carbons (Fsp3) is 0.900. The lowest BCUT2D eigenvalue weighted by Gasteiger charge is -2.21. The number of hydrogen-bond acceptors (Lipinski definition) is 2. The van der Waals surface area contributed by atoms with E-state index in [4.69, 9.17) is 10.8 Å². The number of aliphatic hydroxyl groups excluding tert-OH is 1. The molecule has 0 rings (SSSR count). The third kappa shape index (κ3) is 7.86. The quantitative estimate of drug-likeness (QED) is 0.463. The van der Waals surface area contributed by atoms with Crippen molar-refractivity contribution >= 4 is 5.96 Å². The summed E-state index contributed by atoms with van der Waals surface area (Å²) in [5.74, 6) is 0.850. The molecule has 0 aliphatic heterocycles. The van der Waals surface area contributed by atoms with Crippen LogP contribution in [0.15, 0.2) is 4.99 Å². The smallest absolute Gasteiger partial charge is 0.188 e. The summed E-state index contributed by atoms with van der Waals surface area (Å²) < 4.78 is 0. The molecule has 0 bridgehead atoms. The van der Waals surface area contributed by atoms with E-state index in [0.29, 0.717) is 18.4 Å². The zero-order valence-electron chi connectivity index (χ0n) is 9.67. The first-order valence-electron chi connectivity index (χ1n) is 5.04. The Labute approximate surface area is 86.6 Å². The minimum absolute atomic E-state index is 0.0478. The number of nitrogens with one attached hydrogen (secondary N) is 1. The predicted octanol–water partition coefficient (Wildman–Crippen LogP) is 0.708. The Balaban J connectivity index is 3.88. The van der Waals surface area contributed by atoms with Crippen LogP contribution >= 0.6 is 0 Å². The molecule has 4 N–H and O–H groups in total. The predicted molar refractivity (Wildman–Crippen MR) is 60.2 cm³/mol. The van der Waals surface area contributed by atoms with Gasteiger partial charge in [0, 0.05) is 18.7 Å². The summed E-state index contributed by atoms with van der Waals surface area (Å²) in [6.07, 6.45) is 0.770. The van der Waals surface area contributed by atoms with Crippen LogP contribution in [0.1, 0.15) is 34.1 Å². The Hall–Kier alpha value is -0.770. The number of hydrogen-bond donors (Lipinski definition) is 3. The molecule has 0 saturated carbocycles. The fourth-order valence-corrected chi connectivity index (χ4v) is 0.990. The largest absolute Gasteiger partial charge is 0.396 e. The molecule has 0 heterocycles. The summed E-state index contributed by atoms with van der Waals surface area (Å²) in [6, 6.07) is 0. The van der Waals surface area contributed by atoms with Crippen molar-refractivity contribution in [2.75, 3.05) is 13.2 Å². The van der Waals surface area contributed by atoms with Gasteiger partial charge in [-0.15, -0.1) is 0 Å². The standard InChI is InChI=1S/C10H23N3O/c1-8(5-6-14)7-12-9(11)13-10(2,3)4/h8,14H,5-7H2,1-4H3,(H3,11,12,13). The number of nitrogens with zero attached hydrogens (tertiary/aromatic N) is 1. The lowest BCUT2D eigenvalue weighted by Crippen LogP contribution is -2.45. The van der Waals surface area contributed by atoms with Crippen molar-refractivity contribution in [2.24, 2.45) is 16.6 Å². The van der Waals surface area contributed by atoms with Gasteiger partial charge in [0.1, 0.15) is 0 Å². The average molecular weight is 201 g/mol. The molecule has 1 unspecified atom stereocenters. The molecule has 0 aliphatic carbocycles. The van der Waals surface area contributed by atoms with E-state index in [1.807, 2.05) is 27.7 Å². The summed E-state index contributed by atoms with van der Waals surface area (Å²) in [4.78, 5) is 4.20. The SMILES string of the molecule is CC(CCO)CN=C(N)NC(C)(C)C. The number of rotatable bonds is 4. The zero-order chi connectivity index (χ0) is 11.2. The Bertz CT molecular complexity index is 184. The molecule has 1 atom stereocenters. The van der Waals surface area contributed by atoms with E-state index in [1.165, 1.54) is 0 Å². The molecule has 14 heavy (non-hydrogen) atoms. The number of guanidine groups is 1. The summed E-state index contributed by atoms with van der Waals surface area (Å²) in [5, 5.41) is 11.8. The van der Waals surface area contributed by atoms with Gasteiger partial charge in [-0.3, -0.25) is 4.99 Å². The highest BCUT2D eigenvalue weighted by Gasteiger charge is 2.09. The topological polar surface area (TPSA) is 70.6 Å². The molecule has 0 aromatic heterocycles. The molecular formula is C10H23N3O. The highest BCUT2D eigenvalue weighted by molar-refractivity contribution is 5.78. The van der Waals surface area contributed by atoms with Crippen molar-refractivity contribution in [1.82, 2.24) is 5.32 Å². The molecule has 84 valence electrons. The number of aliphatic imine (C=N–C) groups is 1. The lowest BCUT2D eigenvalue weighted by atomic mass is 10.1. The van der Waals surface area contributed by atoms with Gasteiger partial charge in [0.05, 0.1) is 0 Å². The average Bonchev–Trinajstić information content (AvgIpc) is 1.98. The molecule has 4 nitrogen and oxygen atoms in total. The molecule has 0 radical (unpaired) electrons. The van der Waals surface area contributed by atoms with E-state index in [2.05, 4.69) is 10.3 Å². The van der Waals surface area contributed by atoms with Crippen LogP contribution in [-0.4, -0.2) is 29.8 Å². The van der Waals surface area contributed by atoms with Gasteiger partial charge < -0.3 is 16.2 Å². The van der Waals surface area contributed by atoms with Gasteiger partial charge in [-0.2, -0.15) is 0 Å². The highest BCUT2D eigenvalue weighted by Crippen LogP contribution is 2.01. The maximum Gasteiger partial charge on any atom is 0.188 e. The maximum atomic E-state index is 8.69. The third-order valence-corrected chi connectivity index (χ3v) is 1.70. The van der Waals surface area contributed by atoms with Crippen LogP contribution < -0.4 is 11.1 Å². The van der Waals surface area contributed by atoms with E-state index in [1.54, 1.807) is 0 Å². The number of aliphatic hydroxyl groups is 1. The first-order valence-corrected chi connectivity index (χ1v) is 5.04. The molecule has 0 fully saturated rings. The van der Waals surface area contributed by atoms with E-state index < -0.39 is 0 Å². The first kappa shape index (κ1) is 13.2. The van der Waals surface area contributed by atoms with Crippen LogP contribution in [0.25, 0.3) is 0 Å². The fourth-order valence-electron chi connectivity index (χ4n) is 0.990. The van der Waals surface area contributed by atoms with Crippen LogP contribution in [-0.2, 0) is 0 Å². The summed E-state index contributed by atoms with van der Waals surface area (Å²) in [7, 11) is 0. The van der Waals surface area contributed by atoms with Gasteiger partial charge in [0.15, 0.2) is 5.96 Å². The summed E-state index contributed by atoms with van der Waals surface area (Å²) >= 11 is 0. The second kappa shape index (κ2) is 5.86. The van der Waals surface area contributed by atoms with Gasteiger partial charge in [-0.05, 0) is 33.1 Å². The van der Waals surface area contributed by atoms with E-state index in [0.717, 1.165) is 6.42 Å². The minimum Gasteiger partial charge on any atom is -0.396 e. The monoisotopic (exact) mass is 201 g/mol. The minimum atomic E-state index is -0.0478. The Morgan fingerprint density at radius 1 is 1.50 bits per heavy atom. The van der Waals surface area contributed by atoms with Gasteiger partial charge in [0.2, 0.25) is 0 Å². The van der Waals surface area contributed by atoms with Crippen molar-refractivity contribution in [3.8, 4) is 0 Å². The van der Waals surface area contributed by atoms with Crippen molar-refractivity contribution in [2.45, 2.75) is 39.7 Å². The molecule has 0 saturated heterocycles. The van der Waals surface area contributed by atoms with E-state index in [9.17, 15) is 0 Å². The second-order valence-corrected chi connectivity index (χ2v) is 4.72. The van der Waals surface area contributed by atoms with Crippen molar-refractivity contribution in [1.29, 1.82) is 0 Å². The Morgan fingerprint density at radius 2 is 2.07 bits per heavy atom. The molecule has 0 aliphatic rings. The molecular weight excluding hydrogens is 178 g/mol. The zero-order valence-corrected chi connectivity index (χ0v) is 9.67. The molecule has 0 aromatic carbocycles. The van der Waals surface area contributed by atoms with Crippen molar-refractivity contribution in [3.05, 3.63) is 0 Å². The lowest BCUT2D eigenvalue weighted by molar-refractivity contribution is 0.264. The Morgan fingerprint density at radius 3 is 2.50 bits per heavy atom. The van der Waals surface area contributed by atoms with E-state index >= 15 is 0 Å². The normalized spacial score (nSPS) is 15.4. The molecule has 0 spiro atoms. The van der Waals surface area contributed by atoms with Crippen molar-refractivity contribution < 1.29 is 5.11 Å². The molecule has 0 amide bonds. The van der Waals surface area contributed by atoms with Gasteiger partial charge in [-0.1, -0.05) is 6.92 Å². The maximum absolute atomic E-state index is 8.69. The van der Waals surface area contributed by atoms with Crippen LogP contribution in [0.4, 0.5) is 0 Å². The van der Waals surface area contributed by atoms with Gasteiger partial charge in [0.25, 0.3) is 0 Å². The van der Waals surface area contributed by atoms with Crippen LogP contribution in [0, 0.1) is 5.92 Å². The van der Waals surface area contributed by atoms with Gasteiger partial charge >= 0.3 is 0 Å². The van der Waals surface area contributed by atoms with Crippen LogP contribution in [0.3, 0.4) is 0 Å². The van der Waals surface area contributed by atoms with Crippen LogP contribution in [0.5, 0.6) is 0 Å². The summed E-state index contributed by atoms with van der Waals surface area (Å²) in [5.41, 5.74) is 5.63. The highest BCUT2D eigenvalue weighted by atomic mass is 16.3. The summed E-state index contributed by atoms with van der Waals surface area (Å²) in [6.45, 7) is 9.02. The van der Waals surface area contributed by atoms with Gasteiger partial charge in [-0.25, -0.2) is 0 Å². The number of nitrogens with two attached hydrogens (primary N) is 1. The Kier molecular flexibility index (Phi) is 5.53. The molecule has 4 heteroatoms.